The summed E-state index contributed by atoms with van der Waals surface area (Å²) < 4.78 is 0. The van der Waals surface area contributed by atoms with E-state index in [-0.39, 0.29) is 11.3 Å². The molecular formula is C18H20O3. The molecule has 1 atom stereocenters. The van der Waals surface area contributed by atoms with Crippen molar-refractivity contribution >= 4 is 5.97 Å². The lowest BCUT2D eigenvalue weighted by atomic mass is 9.73. The van der Waals surface area contributed by atoms with Crippen LogP contribution in [0.4, 0.5) is 0 Å². The van der Waals surface area contributed by atoms with Crippen LogP contribution in [-0.2, 0) is 5.41 Å². The first kappa shape index (κ1) is 15.1. The van der Waals surface area contributed by atoms with Gasteiger partial charge in [-0.15, -0.1) is 0 Å². The van der Waals surface area contributed by atoms with Gasteiger partial charge in [-0.25, -0.2) is 4.79 Å². The summed E-state index contributed by atoms with van der Waals surface area (Å²) in [6.45, 7) is 5.75. The van der Waals surface area contributed by atoms with Gasteiger partial charge < -0.3 is 10.2 Å². The van der Waals surface area contributed by atoms with Gasteiger partial charge in [0.25, 0.3) is 0 Å². The third-order valence-electron chi connectivity index (χ3n) is 4.31. The topological polar surface area (TPSA) is 57.5 Å². The summed E-state index contributed by atoms with van der Waals surface area (Å²) in [5.74, 6) is -1.23. The fourth-order valence-electron chi connectivity index (χ4n) is 2.76. The number of carboxylic acids is 1. The van der Waals surface area contributed by atoms with Crippen LogP contribution in [0.25, 0.3) is 0 Å². The zero-order chi connectivity index (χ0) is 15.6. The van der Waals surface area contributed by atoms with Gasteiger partial charge in [0.1, 0.15) is 11.3 Å². The second kappa shape index (κ2) is 5.60. The van der Waals surface area contributed by atoms with Crippen LogP contribution in [0.2, 0.25) is 0 Å². The van der Waals surface area contributed by atoms with Gasteiger partial charge in [0.2, 0.25) is 0 Å². The van der Waals surface area contributed by atoms with Gasteiger partial charge in [0.15, 0.2) is 0 Å². The molecule has 3 nitrogen and oxygen atoms in total. The van der Waals surface area contributed by atoms with Gasteiger partial charge >= 0.3 is 5.97 Å². The van der Waals surface area contributed by atoms with Gasteiger partial charge in [-0.05, 0) is 24.5 Å². The van der Waals surface area contributed by atoms with Crippen molar-refractivity contribution in [2.75, 3.05) is 0 Å². The van der Waals surface area contributed by atoms with Crippen molar-refractivity contribution in [2.24, 2.45) is 0 Å². The highest BCUT2D eigenvalue weighted by molar-refractivity contribution is 5.93. The van der Waals surface area contributed by atoms with Crippen LogP contribution >= 0.6 is 0 Å². The third-order valence-corrected chi connectivity index (χ3v) is 4.31. The molecule has 0 heterocycles. The standard InChI is InChI=1S/C18H20O3/c1-4-18(3,13-8-6-5-7-9-13)14-11-10-12(2)15(16(14)19)17(20)21/h5-11,19H,4H2,1-3H3,(H,20,21). The third kappa shape index (κ3) is 2.51. The minimum absolute atomic E-state index is 0.0110. The van der Waals surface area contributed by atoms with E-state index in [0.717, 1.165) is 12.0 Å². The predicted molar refractivity (Wildman–Crippen MR) is 83.0 cm³/mol. The second-order valence-corrected chi connectivity index (χ2v) is 5.51. The van der Waals surface area contributed by atoms with Crippen LogP contribution < -0.4 is 0 Å². The van der Waals surface area contributed by atoms with Crippen LogP contribution in [0, 0.1) is 6.92 Å². The molecule has 0 saturated heterocycles. The first-order valence-corrected chi connectivity index (χ1v) is 7.03. The molecule has 0 aliphatic carbocycles. The highest BCUT2D eigenvalue weighted by Gasteiger charge is 2.32. The number of phenols is 1. The quantitative estimate of drug-likeness (QED) is 0.888. The number of carbonyl (C=O) groups is 1. The molecule has 0 aliphatic rings. The molecule has 2 rings (SSSR count). The first-order chi connectivity index (χ1) is 9.91. The van der Waals surface area contributed by atoms with Gasteiger partial charge in [-0.3, -0.25) is 0 Å². The monoisotopic (exact) mass is 284 g/mol. The molecule has 0 spiro atoms. The zero-order valence-corrected chi connectivity index (χ0v) is 12.6. The van der Waals surface area contributed by atoms with E-state index in [4.69, 9.17) is 0 Å². The zero-order valence-electron chi connectivity index (χ0n) is 12.6. The van der Waals surface area contributed by atoms with Crippen LogP contribution in [0.3, 0.4) is 0 Å². The molecule has 0 saturated carbocycles. The lowest BCUT2D eigenvalue weighted by molar-refractivity contribution is 0.0692. The van der Waals surface area contributed by atoms with E-state index in [0.29, 0.717) is 11.1 Å². The Labute approximate surface area is 124 Å². The Morgan fingerprint density at radius 3 is 2.29 bits per heavy atom. The van der Waals surface area contributed by atoms with Crippen LogP contribution in [-0.4, -0.2) is 16.2 Å². The Kier molecular flexibility index (Phi) is 4.03. The number of aryl methyl sites for hydroxylation is 1. The highest BCUT2D eigenvalue weighted by atomic mass is 16.4. The lowest BCUT2D eigenvalue weighted by Gasteiger charge is -2.31. The number of benzene rings is 2. The van der Waals surface area contributed by atoms with Crippen molar-refractivity contribution in [1.82, 2.24) is 0 Å². The Morgan fingerprint density at radius 2 is 1.76 bits per heavy atom. The van der Waals surface area contributed by atoms with E-state index in [1.165, 1.54) is 0 Å². The van der Waals surface area contributed by atoms with E-state index in [1.807, 2.05) is 50.2 Å². The molecule has 1 unspecified atom stereocenters. The number of carboxylic acid groups (broad SMARTS) is 1. The smallest absolute Gasteiger partial charge is 0.339 e. The van der Waals surface area contributed by atoms with Gasteiger partial charge in [0.05, 0.1) is 0 Å². The molecule has 21 heavy (non-hydrogen) atoms. The molecular weight excluding hydrogens is 264 g/mol. The minimum Gasteiger partial charge on any atom is -0.507 e. The SMILES string of the molecule is CCC(C)(c1ccccc1)c1ccc(C)c(C(=O)O)c1O. The van der Waals surface area contributed by atoms with E-state index in [9.17, 15) is 15.0 Å². The van der Waals surface area contributed by atoms with Crippen LogP contribution in [0.1, 0.15) is 47.3 Å². The Bertz CT molecular complexity index is 662. The summed E-state index contributed by atoms with van der Waals surface area (Å²) in [6.07, 6.45) is 0.757. The molecule has 0 aliphatic heterocycles. The van der Waals surface area contributed by atoms with Crippen molar-refractivity contribution in [2.45, 2.75) is 32.6 Å². The predicted octanol–water partition coefficient (Wildman–Crippen LogP) is 4.11. The Morgan fingerprint density at radius 1 is 1.14 bits per heavy atom. The van der Waals surface area contributed by atoms with E-state index >= 15 is 0 Å². The maximum atomic E-state index is 11.4. The lowest BCUT2D eigenvalue weighted by Crippen LogP contribution is -2.23. The molecule has 2 N–H and O–H groups in total. The summed E-state index contributed by atoms with van der Waals surface area (Å²) in [5, 5.41) is 19.8. The number of aromatic carboxylic acids is 1. The van der Waals surface area contributed by atoms with Crippen molar-refractivity contribution in [3.05, 3.63) is 64.7 Å². The number of aromatic hydroxyl groups is 1. The molecule has 2 aromatic carbocycles. The molecule has 0 radical (unpaired) electrons. The van der Waals surface area contributed by atoms with Crippen molar-refractivity contribution in [3.63, 3.8) is 0 Å². The summed E-state index contributed by atoms with van der Waals surface area (Å²) in [4.78, 5) is 11.4. The Hall–Kier alpha value is -2.29. The van der Waals surface area contributed by atoms with Crippen molar-refractivity contribution < 1.29 is 15.0 Å². The summed E-state index contributed by atoms with van der Waals surface area (Å²) in [5.41, 5.74) is 1.84. The fraction of sp³-hybridized carbons (Fsp3) is 0.278. The Balaban J connectivity index is 2.69. The van der Waals surface area contributed by atoms with Crippen LogP contribution in [0.5, 0.6) is 5.75 Å². The van der Waals surface area contributed by atoms with Crippen LogP contribution in [0.15, 0.2) is 42.5 Å². The van der Waals surface area contributed by atoms with E-state index < -0.39 is 11.4 Å². The van der Waals surface area contributed by atoms with Gasteiger partial charge in [-0.2, -0.15) is 0 Å². The average molecular weight is 284 g/mol. The van der Waals surface area contributed by atoms with Crippen molar-refractivity contribution in [1.29, 1.82) is 0 Å². The largest absolute Gasteiger partial charge is 0.507 e. The average Bonchev–Trinajstić information content (AvgIpc) is 2.47. The molecule has 0 bridgehead atoms. The van der Waals surface area contributed by atoms with E-state index in [1.54, 1.807) is 13.0 Å². The molecule has 2 aromatic rings. The van der Waals surface area contributed by atoms with E-state index in [2.05, 4.69) is 0 Å². The first-order valence-electron chi connectivity index (χ1n) is 7.03. The fourth-order valence-corrected chi connectivity index (χ4v) is 2.76. The van der Waals surface area contributed by atoms with Gasteiger partial charge in [-0.1, -0.05) is 56.3 Å². The summed E-state index contributed by atoms with van der Waals surface area (Å²) >= 11 is 0. The summed E-state index contributed by atoms with van der Waals surface area (Å²) in [6, 6.07) is 13.4. The van der Waals surface area contributed by atoms with Crippen molar-refractivity contribution in [3.8, 4) is 5.75 Å². The molecule has 0 amide bonds. The number of rotatable bonds is 4. The maximum Gasteiger partial charge on any atom is 0.339 e. The number of hydrogen-bond acceptors (Lipinski definition) is 2. The second-order valence-electron chi connectivity index (χ2n) is 5.51. The molecule has 0 aromatic heterocycles. The molecule has 110 valence electrons. The minimum atomic E-state index is -1.10. The summed E-state index contributed by atoms with van der Waals surface area (Å²) in [7, 11) is 0. The highest BCUT2D eigenvalue weighted by Crippen LogP contribution is 2.41. The van der Waals surface area contributed by atoms with Gasteiger partial charge in [0, 0.05) is 11.0 Å². The molecule has 0 fully saturated rings. The molecule has 3 heteroatoms. The maximum absolute atomic E-state index is 11.4. The normalized spacial score (nSPS) is 13.7. The number of hydrogen-bond donors (Lipinski definition) is 2.